The first-order chi connectivity index (χ1) is 6.91. The highest BCUT2D eigenvalue weighted by molar-refractivity contribution is 6.37. The van der Waals surface area contributed by atoms with E-state index in [4.69, 9.17) is 5.11 Å². The molecule has 0 aliphatic heterocycles. The van der Waals surface area contributed by atoms with Crippen LogP contribution in [0.15, 0.2) is 12.3 Å². The van der Waals surface area contributed by atoms with Gasteiger partial charge in [0, 0.05) is 13.2 Å². The van der Waals surface area contributed by atoms with Crippen molar-refractivity contribution >= 4 is 17.5 Å². The van der Waals surface area contributed by atoms with Gasteiger partial charge in [-0.05, 0) is 18.6 Å². The number of Topliss-reactive ketones (excluding diaryl/α,β-unsaturated/α-hetero) is 2. The lowest BCUT2D eigenvalue weighted by Crippen LogP contribution is -2.18. The quantitative estimate of drug-likeness (QED) is 0.446. The van der Waals surface area contributed by atoms with Crippen LogP contribution in [0.25, 0.3) is 0 Å². The summed E-state index contributed by atoms with van der Waals surface area (Å²) in [5.41, 5.74) is 1.24. The topological polar surface area (TPSA) is 76.4 Å². The minimum absolute atomic E-state index is 0.349. The lowest BCUT2D eigenvalue weighted by Gasteiger charge is -1.99. The third-order valence-corrected chi connectivity index (χ3v) is 1.99. The molecule has 0 fully saturated rings. The molecular weight excluding hydrogens is 198 g/mol. The maximum Gasteiger partial charge on any atom is 0.372 e. The van der Waals surface area contributed by atoms with Crippen molar-refractivity contribution in [2.24, 2.45) is 7.05 Å². The van der Waals surface area contributed by atoms with Gasteiger partial charge in [-0.15, -0.1) is 0 Å². The first kappa shape index (κ1) is 11.2. The Labute approximate surface area is 86.3 Å². The van der Waals surface area contributed by atoms with Crippen LogP contribution in [0, 0.1) is 6.92 Å². The molecule has 5 heteroatoms. The van der Waals surface area contributed by atoms with E-state index in [2.05, 4.69) is 0 Å². The Morgan fingerprint density at radius 1 is 1.40 bits per heavy atom. The van der Waals surface area contributed by atoms with Crippen LogP contribution in [0.3, 0.4) is 0 Å². The maximum atomic E-state index is 11.5. The molecule has 1 rings (SSSR count). The Hall–Kier alpha value is -1.91. The van der Waals surface area contributed by atoms with Crippen molar-refractivity contribution in [3.63, 3.8) is 0 Å². The molecule has 1 heterocycles. The molecule has 80 valence electrons. The van der Waals surface area contributed by atoms with Crippen LogP contribution in [-0.4, -0.2) is 27.2 Å². The third-order valence-electron chi connectivity index (χ3n) is 1.99. The highest BCUT2D eigenvalue weighted by Gasteiger charge is 2.19. The standard InChI is InChI=1S/C10H11NO4/c1-6-3-7(11(2)5-6)8(12)4-9(13)10(14)15/h3,5H,4H2,1-2H3,(H,14,15). The van der Waals surface area contributed by atoms with Gasteiger partial charge in [0.2, 0.25) is 5.78 Å². The van der Waals surface area contributed by atoms with Gasteiger partial charge in [-0.3, -0.25) is 9.59 Å². The summed E-state index contributed by atoms with van der Waals surface area (Å²) in [6, 6.07) is 1.62. The molecule has 0 spiro atoms. The van der Waals surface area contributed by atoms with Gasteiger partial charge < -0.3 is 9.67 Å². The van der Waals surface area contributed by atoms with Crippen LogP contribution in [0.4, 0.5) is 0 Å². The number of hydrogen-bond acceptors (Lipinski definition) is 3. The van der Waals surface area contributed by atoms with E-state index in [-0.39, 0.29) is 0 Å². The summed E-state index contributed by atoms with van der Waals surface area (Å²) in [6.07, 6.45) is 1.14. The van der Waals surface area contributed by atoms with Gasteiger partial charge in [-0.25, -0.2) is 4.79 Å². The van der Waals surface area contributed by atoms with Crippen LogP contribution in [-0.2, 0) is 16.6 Å². The molecule has 0 aromatic carbocycles. The van der Waals surface area contributed by atoms with Gasteiger partial charge in [0.1, 0.15) is 0 Å². The average molecular weight is 209 g/mol. The van der Waals surface area contributed by atoms with E-state index >= 15 is 0 Å². The second-order valence-electron chi connectivity index (χ2n) is 3.34. The van der Waals surface area contributed by atoms with Gasteiger partial charge in [-0.2, -0.15) is 0 Å². The number of carbonyl (C=O) groups excluding carboxylic acids is 2. The van der Waals surface area contributed by atoms with Crippen molar-refractivity contribution in [1.29, 1.82) is 0 Å². The minimum atomic E-state index is -1.57. The summed E-state index contributed by atoms with van der Waals surface area (Å²) in [5, 5.41) is 8.34. The van der Waals surface area contributed by atoms with E-state index in [0.717, 1.165) is 5.56 Å². The Bertz CT molecular complexity index is 431. The molecule has 1 aromatic rings. The summed E-state index contributed by atoms with van der Waals surface area (Å²) in [6.45, 7) is 1.82. The number of nitrogens with zero attached hydrogens (tertiary/aromatic N) is 1. The fourth-order valence-corrected chi connectivity index (χ4v) is 1.32. The zero-order valence-electron chi connectivity index (χ0n) is 8.48. The molecule has 0 saturated carbocycles. The molecule has 5 nitrogen and oxygen atoms in total. The number of carboxylic acids is 1. The van der Waals surface area contributed by atoms with Gasteiger partial charge >= 0.3 is 5.97 Å². The number of aliphatic carboxylic acids is 1. The number of hydrogen-bond donors (Lipinski definition) is 1. The molecule has 1 N–H and O–H groups in total. The highest BCUT2D eigenvalue weighted by Crippen LogP contribution is 2.08. The number of rotatable bonds is 4. The molecule has 0 unspecified atom stereocenters. The van der Waals surface area contributed by atoms with E-state index in [1.54, 1.807) is 23.9 Å². The van der Waals surface area contributed by atoms with Crippen LogP contribution in [0.5, 0.6) is 0 Å². The van der Waals surface area contributed by atoms with Gasteiger partial charge in [0.25, 0.3) is 0 Å². The third kappa shape index (κ3) is 2.52. The van der Waals surface area contributed by atoms with Crippen molar-refractivity contribution in [3.05, 3.63) is 23.5 Å². The molecule has 0 aliphatic carbocycles. The second kappa shape index (κ2) is 4.08. The first-order valence-electron chi connectivity index (χ1n) is 4.34. The SMILES string of the molecule is Cc1cc(C(=O)CC(=O)C(=O)O)n(C)c1. The molecule has 0 aliphatic rings. The van der Waals surface area contributed by atoms with E-state index < -0.39 is 24.0 Å². The minimum Gasteiger partial charge on any atom is -0.475 e. The summed E-state index contributed by atoms with van der Waals surface area (Å²) in [5.74, 6) is -3.13. The van der Waals surface area contributed by atoms with Crippen molar-refractivity contribution in [3.8, 4) is 0 Å². The summed E-state index contributed by atoms with van der Waals surface area (Å²) < 4.78 is 1.58. The zero-order valence-corrected chi connectivity index (χ0v) is 8.48. The number of carboxylic acid groups (broad SMARTS) is 1. The molecule has 15 heavy (non-hydrogen) atoms. The Kier molecular flexibility index (Phi) is 3.04. The lowest BCUT2D eigenvalue weighted by molar-refractivity contribution is -0.148. The predicted molar refractivity (Wildman–Crippen MR) is 51.7 cm³/mol. The molecule has 0 saturated heterocycles. The van der Waals surface area contributed by atoms with E-state index in [1.165, 1.54) is 0 Å². The van der Waals surface area contributed by atoms with Gasteiger partial charge in [0.05, 0.1) is 12.1 Å². The zero-order chi connectivity index (χ0) is 11.6. The smallest absolute Gasteiger partial charge is 0.372 e. The van der Waals surface area contributed by atoms with Crippen LogP contribution in [0.1, 0.15) is 22.5 Å². The molecule has 0 radical (unpaired) electrons. The van der Waals surface area contributed by atoms with Crippen molar-refractivity contribution in [2.45, 2.75) is 13.3 Å². The van der Waals surface area contributed by atoms with E-state index in [1.807, 2.05) is 6.92 Å². The fourth-order valence-electron chi connectivity index (χ4n) is 1.32. The highest BCUT2D eigenvalue weighted by atomic mass is 16.4. The molecule has 0 bridgehead atoms. The molecule has 0 amide bonds. The van der Waals surface area contributed by atoms with Crippen molar-refractivity contribution in [2.75, 3.05) is 0 Å². The summed E-state index contributed by atoms with van der Waals surface area (Å²) >= 11 is 0. The molecular formula is C10H11NO4. The molecule has 0 atom stereocenters. The van der Waals surface area contributed by atoms with Gasteiger partial charge in [-0.1, -0.05) is 0 Å². The maximum absolute atomic E-state index is 11.5. The number of aryl methyl sites for hydroxylation is 2. The normalized spacial score (nSPS) is 10.0. The lowest BCUT2D eigenvalue weighted by atomic mass is 10.1. The summed E-state index contributed by atoms with van der Waals surface area (Å²) in [7, 11) is 1.67. The summed E-state index contributed by atoms with van der Waals surface area (Å²) in [4.78, 5) is 32.6. The van der Waals surface area contributed by atoms with Crippen molar-refractivity contribution in [1.82, 2.24) is 4.57 Å². The van der Waals surface area contributed by atoms with Crippen LogP contribution < -0.4 is 0 Å². The van der Waals surface area contributed by atoms with E-state index in [9.17, 15) is 14.4 Å². The predicted octanol–water partition coefficient (Wildman–Crippen LogP) is 0.560. The number of aromatic nitrogens is 1. The van der Waals surface area contributed by atoms with Crippen molar-refractivity contribution < 1.29 is 19.5 Å². The number of ketones is 2. The number of carbonyl (C=O) groups is 3. The monoisotopic (exact) mass is 209 g/mol. The molecule has 1 aromatic heterocycles. The average Bonchev–Trinajstić information content (AvgIpc) is 2.44. The van der Waals surface area contributed by atoms with Crippen LogP contribution >= 0.6 is 0 Å². The van der Waals surface area contributed by atoms with E-state index in [0.29, 0.717) is 5.69 Å². The van der Waals surface area contributed by atoms with Gasteiger partial charge in [0.15, 0.2) is 5.78 Å². The Balaban J connectivity index is 2.82. The second-order valence-corrected chi connectivity index (χ2v) is 3.34. The first-order valence-corrected chi connectivity index (χ1v) is 4.34. The largest absolute Gasteiger partial charge is 0.475 e. The van der Waals surface area contributed by atoms with Crippen LogP contribution in [0.2, 0.25) is 0 Å². The Morgan fingerprint density at radius 2 is 2.00 bits per heavy atom. The Morgan fingerprint density at radius 3 is 2.40 bits per heavy atom. The fraction of sp³-hybridized carbons (Fsp3) is 0.300.